The van der Waals surface area contributed by atoms with Gasteiger partial charge < -0.3 is 9.80 Å². The Labute approximate surface area is 103 Å². The fraction of sp³-hybridized carbons (Fsp3) is 0.750. The molecule has 1 atom stereocenters. The minimum absolute atomic E-state index is 0.0274. The smallest absolute Gasteiger partial charge is 0.243 e. The highest BCUT2D eigenvalue weighted by Gasteiger charge is 2.35. The minimum Gasteiger partial charge on any atom is -0.347 e. The van der Waals surface area contributed by atoms with Crippen LogP contribution < -0.4 is 0 Å². The van der Waals surface area contributed by atoms with Gasteiger partial charge in [0.2, 0.25) is 11.8 Å². The molecule has 0 radical (unpaired) electrons. The molecule has 2 amide bonds. The second-order valence-electron chi connectivity index (χ2n) is 4.40. The maximum Gasteiger partial charge on any atom is 0.243 e. The Kier molecular flexibility index (Phi) is 5.66. The summed E-state index contributed by atoms with van der Waals surface area (Å²) in [5.41, 5.74) is -1.04. The molecule has 0 heterocycles. The number of hydrogen-bond acceptors (Lipinski definition) is 3. The van der Waals surface area contributed by atoms with E-state index in [0.29, 0.717) is 13.0 Å². The number of carbonyl (C=O) groups is 2. The van der Waals surface area contributed by atoms with Gasteiger partial charge in [0.1, 0.15) is 5.41 Å². The molecule has 5 heteroatoms. The van der Waals surface area contributed by atoms with E-state index >= 15 is 0 Å². The predicted octanol–water partition coefficient (Wildman–Crippen LogP) is 0.863. The van der Waals surface area contributed by atoms with Crippen molar-refractivity contribution in [3.05, 3.63) is 0 Å². The maximum atomic E-state index is 12.1. The van der Waals surface area contributed by atoms with Crippen molar-refractivity contribution in [1.82, 2.24) is 9.80 Å². The molecule has 0 N–H and O–H groups in total. The van der Waals surface area contributed by atoms with Crippen molar-refractivity contribution in [1.29, 1.82) is 5.26 Å². The Bertz CT molecular complexity index is 333. The third-order valence-electron chi connectivity index (χ3n) is 2.92. The number of amides is 2. The van der Waals surface area contributed by atoms with E-state index in [4.69, 9.17) is 5.26 Å². The van der Waals surface area contributed by atoms with Crippen molar-refractivity contribution in [2.75, 3.05) is 27.2 Å². The largest absolute Gasteiger partial charge is 0.347 e. The average Bonchev–Trinajstić information content (AvgIpc) is 2.33. The summed E-state index contributed by atoms with van der Waals surface area (Å²) < 4.78 is 0. The number of carbonyl (C=O) groups excluding carboxylic acids is 2. The van der Waals surface area contributed by atoms with E-state index in [0.717, 1.165) is 0 Å². The van der Waals surface area contributed by atoms with Gasteiger partial charge in [-0.2, -0.15) is 5.26 Å². The van der Waals surface area contributed by atoms with Gasteiger partial charge in [-0.3, -0.25) is 9.59 Å². The zero-order valence-electron chi connectivity index (χ0n) is 11.3. The van der Waals surface area contributed by atoms with Crippen LogP contribution >= 0.6 is 0 Å². The standard InChI is InChI=1S/C12H21N3O2/c1-6-12(3,9-13)11(17)15(7-2)8-10(16)14(4)5/h6-8H2,1-5H3. The van der Waals surface area contributed by atoms with Crippen LogP contribution in [0, 0.1) is 16.7 Å². The molecule has 0 fully saturated rings. The van der Waals surface area contributed by atoms with Gasteiger partial charge in [-0.25, -0.2) is 0 Å². The summed E-state index contributed by atoms with van der Waals surface area (Å²) in [6.45, 7) is 5.66. The number of likely N-dealkylation sites (N-methyl/N-ethyl adjacent to an activating group) is 2. The molecule has 0 spiro atoms. The molecule has 0 aliphatic carbocycles. The summed E-state index contributed by atoms with van der Waals surface area (Å²) in [6.07, 6.45) is 0.439. The number of nitriles is 1. The molecule has 17 heavy (non-hydrogen) atoms. The molecule has 0 aliphatic heterocycles. The fourth-order valence-corrected chi connectivity index (χ4v) is 1.26. The van der Waals surface area contributed by atoms with Crippen LogP contribution in [0.5, 0.6) is 0 Å². The fourth-order valence-electron chi connectivity index (χ4n) is 1.26. The highest BCUT2D eigenvalue weighted by molar-refractivity contribution is 5.89. The lowest BCUT2D eigenvalue weighted by Crippen LogP contribution is -2.46. The molecule has 0 aliphatic rings. The quantitative estimate of drug-likeness (QED) is 0.715. The van der Waals surface area contributed by atoms with Gasteiger partial charge in [0, 0.05) is 20.6 Å². The van der Waals surface area contributed by atoms with Crippen molar-refractivity contribution in [3.63, 3.8) is 0 Å². The first-order valence-corrected chi connectivity index (χ1v) is 5.73. The molecule has 96 valence electrons. The van der Waals surface area contributed by atoms with Crippen molar-refractivity contribution < 1.29 is 9.59 Å². The number of nitrogens with zero attached hydrogens (tertiary/aromatic N) is 3. The van der Waals surface area contributed by atoms with Crippen LogP contribution in [-0.2, 0) is 9.59 Å². The van der Waals surface area contributed by atoms with Crippen molar-refractivity contribution in [3.8, 4) is 6.07 Å². The van der Waals surface area contributed by atoms with Crippen LogP contribution in [0.3, 0.4) is 0 Å². The van der Waals surface area contributed by atoms with Gasteiger partial charge in [0.15, 0.2) is 0 Å². The van der Waals surface area contributed by atoms with Crippen LogP contribution in [0.4, 0.5) is 0 Å². The highest BCUT2D eigenvalue weighted by atomic mass is 16.2. The summed E-state index contributed by atoms with van der Waals surface area (Å²) in [4.78, 5) is 26.6. The van der Waals surface area contributed by atoms with Gasteiger partial charge in [-0.1, -0.05) is 6.92 Å². The molecule has 1 unspecified atom stereocenters. The third-order valence-corrected chi connectivity index (χ3v) is 2.92. The second kappa shape index (κ2) is 6.24. The Morgan fingerprint density at radius 1 is 1.29 bits per heavy atom. The topological polar surface area (TPSA) is 64.4 Å². The Balaban J connectivity index is 4.85. The summed E-state index contributed by atoms with van der Waals surface area (Å²) in [6, 6.07) is 2.03. The van der Waals surface area contributed by atoms with Crippen LogP contribution in [-0.4, -0.2) is 48.8 Å². The summed E-state index contributed by atoms with van der Waals surface area (Å²) in [5, 5.41) is 9.05. The molecule has 0 bridgehead atoms. The predicted molar refractivity (Wildman–Crippen MR) is 65.0 cm³/mol. The summed E-state index contributed by atoms with van der Waals surface area (Å²) in [7, 11) is 3.29. The number of hydrogen-bond donors (Lipinski definition) is 0. The normalized spacial score (nSPS) is 13.4. The van der Waals surface area contributed by atoms with Gasteiger partial charge in [0.05, 0.1) is 12.6 Å². The molecule has 0 aromatic carbocycles. The van der Waals surface area contributed by atoms with E-state index in [9.17, 15) is 9.59 Å². The van der Waals surface area contributed by atoms with E-state index in [-0.39, 0.29) is 18.4 Å². The summed E-state index contributed by atoms with van der Waals surface area (Å²) in [5.74, 6) is -0.420. The SMILES string of the molecule is CCN(CC(=O)N(C)C)C(=O)C(C)(C#N)CC. The van der Waals surface area contributed by atoms with Crippen LogP contribution in [0.2, 0.25) is 0 Å². The van der Waals surface area contributed by atoms with E-state index in [1.54, 1.807) is 34.9 Å². The van der Waals surface area contributed by atoms with Gasteiger partial charge in [0.25, 0.3) is 0 Å². The average molecular weight is 239 g/mol. The van der Waals surface area contributed by atoms with Crippen molar-refractivity contribution in [2.24, 2.45) is 5.41 Å². The van der Waals surface area contributed by atoms with Crippen LogP contribution in [0.1, 0.15) is 27.2 Å². The first kappa shape index (κ1) is 15.4. The van der Waals surface area contributed by atoms with Crippen LogP contribution in [0.25, 0.3) is 0 Å². The molecule has 0 rings (SSSR count). The van der Waals surface area contributed by atoms with E-state index in [1.807, 2.05) is 6.07 Å². The molecular weight excluding hydrogens is 218 g/mol. The lowest BCUT2D eigenvalue weighted by Gasteiger charge is -2.28. The number of rotatable bonds is 5. The lowest BCUT2D eigenvalue weighted by molar-refractivity contribution is -0.143. The van der Waals surface area contributed by atoms with Gasteiger partial charge in [-0.15, -0.1) is 0 Å². The second-order valence-corrected chi connectivity index (χ2v) is 4.40. The van der Waals surface area contributed by atoms with E-state index in [2.05, 4.69) is 0 Å². The molecule has 0 aromatic heterocycles. The van der Waals surface area contributed by atoms with Gasteiger partial charge in [-0.05, 0) is 20.3 Å². The third kappa shape index (κ3) is 3.74. The zero-order valence-corrected chi connectivity index (χ0v) is 11.3. The Hall–Kier alpha value is -1.57. The Morgan fingerprint density at radius 3 is 2.12 bits per heavy atom. The molecule has 0 saturated heterocycles. The maximum absolute atomic E-state index is 12.1. The van der Waals surface area contributed by atoms with Crippen molar-refractivity contribution >= 4 is 11.8 Å². The van der Waals surface area contributed by atoms with Crippen molar-refractivity contribution in [2.45, 2.75) is 27.2 Å². The van der Waals surface area contributed by atoms with Gasteiger partial charge >= 0.3 is 0 Å². The van der Waals surface area contributed by atoms with E-state index < -0.39 is 5.41 Å². The van der Waals surface area contributed by atoms with E-state index in [1.165, 1.54) is 9.80 Å². The lowest BCUT2D eigenvalue weighted by atomic mass is 9.87. The molecule has 0 aromatic rings. The Morgan fingerprint density at radius 2 is 1.82 bits per heavy atom. The zero-order chi connectivity index (χ0) is 13.6. The monoisotopic (exact) mass is 239 g/mol. The summed E-state index contributed by atoms with van der Waals surface area (Å²) >= 11 is 0. The minimum atomic E-state index is -1.04. The highest BCUT2D eigenvalue weighted by Crippen LogP contribution is 2.22. The molecule has 0 saturated carbocycles. The molecular formula is C12H21N3O2. The van der Waals surface area contributed by atoms with Crippen LogP contribution in [0.15, 0.2) is 0 Å². The first-order chi connectivity index (χ1) is 7.82. The molecule has 5 nitrogen and oxygen atoms in total. The first-order valence-electron chi connectivity index (χ1n) is 5.73.